The number of rotatable bonds is 6. The van der Waals surface area contributed by atoms with Gasteiger partial charge < -0.3 is 4.74 Å². The van der Waals surface area contributed by atoms with Crippen molar-refractivity contribution in [3.63, 3.8) is 0 Å². The minimum Gasteiger partial charge on any atom is -0.459 e. The van der Waals surface area contributed by atoms with Crippen LogP contribution in [-0.4, -0.2) is 44.7 Å². The van der Waals surface area contributed by atoms with Crippen LogP contribution in [0.2, 0.25) is 0 Å². The van der Waals surface area contributed by atoms with E-state index in [0.29, 0.717) is 11.5 Å². The first-order valence-corrected chi connectivity index (χ1v) is 13.1. The van der Waals surface area contributed by atoms with Gasteiger partial charge in [-0.2, -0.15) is 0 Å². The molecule has 0 unspecified atom stereocenters. The first-order valence-electron chi connectivity index (χ1n) is 13.1. The molecule has 1 aromatic rings. The highest BCUT2D eigenvalue weighted by molar-refractivity contribution is 6.25. The van der Waals surface area contributed by atoms with E-state index in [-0.39, 0.29) is 34.9 Å². The Hall–Kier alpha value is -2.37. The number of hydroxylamine groups is 1. The van der Waals surface area contributed by atoms with Gasteiger partial charge in [0.1, 0.15) is 0 Å². The molecule has 0 radical (unpaired) electrons. The summed E-state index contributed by atoms with van der Waals surface area (Å²) >= 11 is 0. The molecule has 0 saturated heterocycles. The Morgan fingerprint density at radius 1 is 1.11 bits per heavy atom. The van der Waals surface area contributed by atoms with E-state index in [1.165, 1.54) is 11.0 Å². The van der Waals surface area contributed by atoms with Crippen LogP contribution in [0.25, 0.3) is 0 Å². The van der Waals surface area contributed by atoms with Gasteiger partial charge in [0.25, 0.3) is 11.9 Å². The fourth-order valence-corrected chi connectivity index (χ4v) is 5.60. The molecular formula is C29H45N2O4+. The lowest BCUT2D eigenvalue weighted by Gasteiger charge is -2.44. The number of hydrogen-bond donors (Lipinski definition) is 1. The Balaban J connectivity index is 1.95. The number of amides is 1. The number of carbonyl (C=O) groups excluding carboxylic acids is 2. The van der Waals surface area contributed by atoms with Gasteiger partial charge >= 0.3 is 11.9 Å². The SMILES string of the molecule is CC(C)OC(=O)c1ccc([C@@H](CCC(C)(C)C)N2C(=O)C=[N+](O)C23CCC(C(C)(C)C)CC3)cc1. The maximum absolute atomic E-state index is 13.4. The van der Waals surface area contributed by atoms with E-state index in [1.54, 1.807) is 12.1 Å². The first-order chi connectivity index (χ1) is 16.1. The highest BCUT2D eigenvalue weighted by Crippen LogP contribution is 2.48. The van der Waals surface area contributed by atoms with Gasteiger partial charge in [-0.15, -0.1) is 0 Å². The number of nitrogens with zero attached hydrogens (tertiary/aromatic N) is 2. The third kappa shape index (κ3) is 6.07. The molecule has 6 heteroatoms. The topological polar surface area (TPSA) is 69.8 Å². The van der Waals surface area contributed by atoms with E-state index in [2.05, 4.69) is 41.5 Å². The summed E-state index contributed by atoms with van der Waals surface area (Å²) in [5, 5.41) is 11.0. The molecule has 1 heterocycles. The van der Waals surface area contributed by atoms with Gasteiger partial charge in [-0.1, -0.05) is 53.7 Å². The monoisotopic (exact) mass is 485 g/mol. The molecule has 194 valence electrons. The number of hydrogen-bond acceptors (Lipinski definition) is 4. The third-order valence-corrected chi connectivity index (χ3v) is 7.71. The van der Waals surface area contributed by atoms with Gasteiger partial charge in [0.2, 0.25) is 0 Å². The summed E-state index contributed by atoms with van der Waals surface area (Å²) in [7, 11) is 0. The van der Waals surface area contributed by atoms with E-state index in [1.807, 2.05) is 30.9 Å². The Morgan fingerprint density at radius 2 is 1.69 bits per heavy atom. The second-order valence-electron chi connectivity index (χ2n) is 13.0. The Bertz CT molecular complexity index is 942. The van der Waals surface area contributed by atoms with E-state index in [0.717, 1.165) is 44.1 Å². The van der Waals surface area contributed by atoms with Crippen molar-refractivity contribution in [1.29, 1.82) is 0 Å². The van der Waals surface area contributed by atoms with E-state index < -0.39 is 5.66 Å². The maximum atomic E-state index is 13.4. The van der Waals surface area contributed by atoms with Crippen LogP contribution in [0.4, 0.5) is 0 Å². The predicted molar refractivity (Wildman–Crippen MR) is 138 cm³/mol. The quantitative estimate of drug-likeness (QED) is 0.289. The van der Waals surface area contributed by atoms with Gasteiger partial charge in [0.15, 0.2) is 0 Å². The van der Waals surface area contributed by atoms with Crippen LogP contribution in [0, 0.1) is 16.7 Å². The summed E-state index contributed by atoms with van der Waals surface area (Å²) in [5.74, 6) is 0.0594. The van der Waals surface area contributed by atoms with Crippen LogP contribution in [0.1, 0.15) is 116 Å². The molecule has 0 bridgehead atoms. The van der Waals surface area contributed by atoms with Crippen molar-refractivity contribution in [2.75, 3.05) is 0 Å². The molecule has 1 spiro atoms. The van der Waals surface area contributed by atoms with Crippen molar-refractivity contribution >= 4 is 18.1 Å². The minimum absolute atomic E-state index is 0.0989. The number of esters is 1. The Labute approximate surface area is 211 Å². The van der Waals surface area contributed by atoms with Crippen LogP contribution >= 0.6 is 0 Å². The normalized spacial score (nSPS) is 24.1. The van der Waals surface area contributed by atoms with E-state index in [4.69, 9.17) is 4.74 Å². The van der Waals surface area contributed by atoms with Gasteiger partial charge in [-0.05, 0) is 74.0 Å². The average Bonchev–Trinajstić information content (AvgIpc) is 2.97. The molecule has 2 aliphatic rings. The van der Waals surface area contributed by atoms with Crippen LogP contribution in [-0.2, 0) is 9.53 Å². The Kier molecular flexibility index (Phi) is 7.73. The first kappa shape index (κ1) is 27.2. The molecular weight excluding hydrogens is 440 g/mol. The molecule has 1 fully saturated rings. The lowest BCUT2D eigenvalue weighted by Crippen LogP contribution is -2.56. The molecule has 1 aromatic carbocycles. The van der Waals surface area contributed by atoms with Crippen LogP contribution < -0.4 is 0 Å². The van der Waals surface area contributed by atoms with E-state index >= 15 is 0 Å². The summed E-state index contributed by atoms with van der Waals surface area (Å²) in [6.07, 6.45) is 6.27. The molecule has 35 heavy (non-hydrogen) atoms. The van der Waals surface area contributed by atoms with Gasteiger partial charge in [0.05, 0.1) is 17.7 Å². The van der Waals surface area contributed by atoms with Gasteiger partial charge in [0, 0.05) is 17.6 Å². The van der Waals surface area contributed by atoms with Crippen molar-refractivity contribution in [2.45, 2.75) is 112 Å². The molecule has 1 aliphatic heterocycles. The lowest BCUT2D eigenvalue weighted by atomic mass is 9.69. The molecule has 1 amide bonds. The molecule has 1 atom stereocenters. The third-order valence-electron chi connectivity index (χ3n) is 7.71. The zero-order chi connectivity index (χ0) is 26.2. The molecule has 0 aromatic heterocycles. The molecule has 1 saturated carbocycles. The van der Waals surface area contributed by atoms with Crippen molar-refractivity contribution in [1.82, 2.24) is 4.90 Å². The van der Waals surface area contributed by atoms with Crippen LogP contribution in [0.5, 0.6) is 0 Å². The van der Waals surface area contributed by atoms with Crippen LogP contribution in [0.15, 0.2) is 24.3 Å². The number of benzene rings is 1. The standard InChI is InChI=1S/C29H45N2O4/c1-20(2)35-26(33)22-11-9-21(10-12-22)24(15-16-27(3,4)5)31-25(32)19-30(34)29(31)17-13-23(14-18-29)28(6,7)8/h9-12,19-20,23-24,34H,13-18H2,1-8H3/q+1/t23?,24-,29?/m1/s1. The molecule has 1 N–H and O–H groups in total. The summed E-state index contributed by atoms with van der Waals surface area (Å²) in [6, 6.07) is 7.25. The minimum atomic E-state index is -0.726. The zero-order valence-electron chi connectivity index (χ0n) is 22.9. The van der Waals surface area contributed by atoms with Crippen molar-refractivity contribution in [3.8, 4) is 0 Å². The van der Waals surface area contributed by atoms with Crippen molar-refractivity contribution < 1.29 is 24.3 Å². The lowest BCUT2D eigenvalue weighted by molar-refractivity contribution is -0.835. The second-order valence-corrected chi connectivity index (χ2v) is 13.0. The second kappa shape index (κ2) is 9.94. The zero-order valence-corrected chi connectivity index (χ0v) is 22.9. The van der Waals surface area contributed by atoms with Gasteiger partial charge in [-0.3, -0.25) is 14.9 Å². The maximum Gasteiger partial charge on any atom is 0.338 e. The van der Waals surface area contributed by atoms with Crippen molar-refractivity contribution in [2.24, 2.45) is 16.7 Å². The molecule has 6 nitrogen and oxygen atoms in total. The summed E-state index contributed by atoms with van der Waals surface area (Å²) < 4.78 is 6.53. The largest absolute Gasteiger partial charge is 0.459 e. The number of ether oxygens (including phenoxy) is 1. The van der Waals surface area contributed by atoms with Crippen LogP contribution in [0.3, 0.4) is 0 Å². The summed E-state index contributed by atoms with van der Waals surface area (Å²) in [4.78, 5) is 27.7. The average molecular weight is 486 g/mol. The van der Waals surface area contributed by atoms with Gasteiger partial charge in [-0.25, -0.2) is 4.79 Å². The van der Waals surface area contributed by atoms with E-state index in [9.17, 15) is 14.8 Å². The molecule has 3 rings (SSSR count). The highest BCUT2D eigenvalue weighted by atomic mass is 16.5. The fraction of sp³-hybridized carbons (Fsp3) is 0.690. The Morgan fingerprint density at radius 3 is 2.17 bits per heavy atom. The summed E-state index contributed by atoms with van der Waals surface area (Å²) in [5.41, 5.74) is 1.05. The number of carbonyl (C=O) groups is 2. The smallest absolute Gasteiger partial charge is 0.338 e. The molecule has 1 aliphatic carbocycles. The predicted octanol–water partition coefficient (Wildman–Crippen LogP) is 6.37. The summed E-state index contributed by atoms with van der Waals surface area (Å²) in [6.45, 7) is 17.1. The highest BCUT2D eigenvalue weighted by Gasteiger charge is 2.60. The fourth-order valence-electron chi connectivity index (χ4n) is 5.60. The van der Waals surface area contributed by atoms with Crippen molar-refractivity contribution in [3.05, 3.63) is 35.4 Å².